The van der Waals surface area contributed by atoms with Gasteiger partial charge in [-0.15, -0.1) is 0 Å². The summed E-state index contributed by atoms with van der Waals surface area (Å²) >= 11 is 5.94. The number of benzene rings is 1. The Bertz CT molecular complexity index is 248. The van der Waals surface area contributed by atoms with E-state index in [9.17, 15) is 0 Å². The van der Waals surface area contributed by atoms with Crippen LogP contribution in [-0.2, 0) is 0 Å². The van der Waals surface area contributed by atoms with Crippen molar-refractivity contribution in [3.63, 3.8) is 0 Å². The Morgan fingerprint density at radius 1 is 1.27 bits per heavy atom. The molecule has 1 aromatic rings. The molecule has 0 amide bonds. The summed E-state index contributed by atoms with van der Waals surface area (Å²) in [4.78, 5) is 0. The summed E-state index contributed by atoms with van der Waals surface area (Å²) in [6.45, 7) is 3.91. The van der Waals surface area contributed by atoms with Crippen molar-refractivity contribution >= 4 is 17.3 Å². The summed E-state index contributed by atoms with van der Waals surface area (Å²) in [5.74, 6) is 5.24. The predicted molar refractivity (Wildman–Crippen MR) is 48.7 cm³/mol. The fourth-order valence-corrected chi connectivity index (χ4v) is 1.14. The van der Waals surface area contributed by atoms with Crippen LogP contribution >= 0.6 is 11.6 Å². The lowest BCUT2D eigenvalue weighted by atomic mass is 10.1. The van der Waals surface area contributed by atoms with Crippen LogP contribution in [-0.4, -0.2) is 0 Å². The monoisotopic (exact) mass is 170 g/mol. The van der Waals surface area contributed by atoms with E-state index in [-0.39, 0.29) is 0 Å². The first-order valence-corrected chi connectivity index (χ1v) is 3.76. The van der Waals surface area contributed by atoms with E-state index >= 15 is 0 Å². The number of rotatable bonds is 1. The summed E-state index contributed by atoms with van der Waals surface area (Å²) in [6.07, 6.45) is 0. The molecule has 0 aromatic heterocycles. The largest absolute Gasteiger partial charge is 0.324 e. The van der Waals surface area contributed by atoms with E-state index in [0.717, 1.165) is 21.8 Å². The molecule has 3 N–H and O–H groups in total. The van der Waals surface area contributed by atoms with Crippen LogP contribution in [0.25, 0.3) is 0 Å². The normalized spacial score (nSPS) is 9.82. The van der Waals surface area contributed by atoms with Crippen molar-refractivity contribution in [2.45, 2.75) is 13.8 Å². The van der Waals surface area contributed by atoms with Crippen LogP contribution in [0.1, 0.15) is 11.1 Å². The van der Waals surface area contributed by atoms with Gasteiger partial charge in [-0.05, 0) is 37.1 Å². The van der Waals surface area contributed by atoms with Gasteiger partial charge in [0.2, 0.25) is 0 Å². The van der Waals surface area contributed by atoms with Gasteiger partial charge in [0.1, 0.15) is 0 Å². The first-order chi connectivity index (χ1) is 5.15. The van der Waals surface area contributed by atoms with Gasteiger partial charge >= 0.3 is 0 Å². The summed E-state index contributed by atoms with van der Waals surface area (Å²) in [6, 6.07) is 3.82. The average molecular weight is 171 g/mol. The van der Waals surface area contributed by atoms with Gasteiger partial charge in [0.05, 0.1) is 0 Å². The minimum absolute atomic E-state index is 0.809. The number of aryl methyl sites for hydroxylation is 2. The second-order valence-corrected chi connectivity index (χ2v) is 2.95. The lowest BCUT2D eigenvalue weighted by Crippen LogP contribution is -2.07. The summed E-state index contributed by atoms with van der Waals surface area (Å²) in [5.41, 5.74) is 5.55. The number of halogens is 1. The molecule has 1 rings (SSSR count). The molecule has 0 aliphatic rings. The topological polar surface area (TPSA) is 38.0 Å². The van der Waals surface area contributed by atoms with Gasteiger partial charge in [0.15, 0.2) is 0 Å². The van der Waals surface area contributed by atoms with E-state index in [1.54, 1.807) is 0 Å². The minimum atomic E-state index is 0.809. The molecular formula is C8H11ClN2. The van der Waals surface area contributed by atoms with Crippen molar-refractivity contribution in [1.29, 1.82) is 0 Å². The third kappa shape index (κ3) is 1.64. The van der Waals surface area contributed by atoms with Gasteiger partial charge in [-0.1, -0.05) is 11.6 Å². The molecule has 1 aromatic carbocycles. The molecule has 0 atom stereocenters. The standard InChI is InChI=1S/C8H11ClN2/c1-5-3-7(11-10)4-6(2)8(5)9/h3-4,11H,10H2,1-2H3. The molecule has 0 saturated carbocycles. The molecule has 0 aliphatic carbocycles. The highest BCUT2D eigenvalue weighted by Crippen LogP contribution is 2.23. The summed E-state index contributed by atoms with van der Waals surface area (Å²) < 4.78 is 0. The second-order valence-electron chi connectivity index (χ2n) is 2.57. The fourth-order valence-electron chi connectivity index (χ4n) is 1.03. The highest BCUT2D eigenvalue weighted by Gasteiger charge is 2.00. The molecule has 0 fully saturated rings. The smallest absolute Gasteiger partial charge is 0.0491 e. The summed E-state index contributed by atoms with van der Waals surface area (Å²) in [5, 5.41) is 0.809. The molecule has 0 spiro atoms. The molecule has 2 nitrogen and oxygen atoms in total. The van der Waals surface area contributed by atoms with Crippen molar-refractivity contribution in [2.24, 2.45) is 5.84 Å². The lowest BCUT2D eigenvalue weighted by molar-refractivity contribution is 1.30. The maximum absolute atomic E-state index is 5.94. The summed E-state index contributed by atoms with van der Waals surface area (Å²) in [7, 11) is 0. The Hall–Kier alpha value is -0.730. The zero-order valence-electron chi connectivity index (χ0n) is 6.61. The quantitative estimate of drug-likeness (QED) is 0.501. The second kappa shape index (κ2) is 3.11. The molecule has 0 heterocycles. The van der Waals surface area contributed by atoms with Crippen molar-refractivity contribution in [2.75, 3.05) is 5.43 Å². The molecule has 0 saturated heterocycles. The van der Waals surface area contributed by atoms with Gasteiger partial charge in [-0.2, -0.15) is 0 Å². The van der Waals surface area contributed by atoms with E-state index < -0.39 is 0 Å². The molecule has 11 heavy (non-hydrogen) atoms. The number of hydrogen-bond donors (Lipinski definition) is 2. The Morgan fingerprint density at radius 2 is 1.73 bits per heavy atom. The van der Waals surface area contributed by atoms with Crippen LogP contribution in [0, 0.1) is 13.8 Å². The Balaban J connectivity index is 3.21. The number of nitrogens with one attached hydrogen (secondary N) is 1. The van der Waals surface area contributed by atoms with Crippen LogP contribution < -0.4 is 11.3 Å². The number of nitrogens with two attached hydrogens (primary N) is 1. The van der Waals surface area contributed by atoms with Gasteiger partial charge < -0.3 is 5.43 Å². The molecule has 0 unspecified atom stereocenters. The van der Waals surface area contributed by atoms with Gasteiger partial charge in [0.25, 0.3) is 0 Å². The van der Waals surface area contributed by atoms with Crippen LogP contribution in [0.3, 0.4) is 0 Å². The number of nitrogen functional groups attached to an aromatic ring is 1. The molecule has 60 valence electrons. The first kappa shape index (κ1) is 8.37. The minimum Gasteiger partial charge on any atom is -0.324 e. The highest BCUT2D eigenvalue weighted by molar-refractivity contribution is 6.32. The van der Waals surface area contributed by atoms with E-state index in [0.29, 0.717) is 0 Å². The van der Waals surface area contributed by atoms with Gasteiger partial charge in [-0.25, -0.2) is 0 Å². The van der Waals surface area contributed by atoms with Gasteiger partial charge in [-0.3, -0.25) is 5.84 Å². The first-order valence-electron chi connectivity index (χ1n) is 3.38. The average Bonchev–Trinajstić information content (AvgIpc) is 1.99. The highest BCUT2D eigenvalue weighted by atomic mass is 35.5. The zero-order chi connectivity index (χ0) is 8.43. The van der Waals surface area contributed by atoms with Crippen molar-refractivity contribution in [3.8, 4) is 0 Å². The number of hydrazine groups is 1. The van der Waals surface area contributed by atoms with E-state index in [1.165, 1.54) is 0 Å². The Kier molecular flexibility index (Phi) is 2.37. The maximum atomic E-state index is 5.94. The molecule has 0 aliphatic heterocycles. The van der Waals surface area contributed by atoms with Gasteiger partial charge in [0, 0.05) is 10.7 Å². The van der Waals surface area contributed by atoms with Crippen molar-refractivity contribution in [1.82, 2.24) is 0 Å². The molecule has 0 radical (unpaired) electrons. The van der Waals surface area contributed by atoms with Crippen LogP contribution in [0.15, 0.2) is 12.1 Å². The molecular weight excluding hydrogens is 160 g/mol. The van der Waals surface area contributed by atoms with Crippen LogP contribution in [0.2, 0.25) is 5.02 Å². The molecule has 0 bridgehead atoms. The zero-order valence-corrected chi connectivity index (χ0v) is 7.37. The van der Waals surface area contributed by atoms with Crippen LogP contribution in [0.4, 0.5) is 5.69 Å². The Morgan fingerprint density at radius 3 is 2.09 bits per heavy atom. The Labute approximate surface area is 71.3 Å². The maximum Gasteiger partial charge on any atom is 0.0491 e. The third-order valence-electron chi connectivity index (χ3n) is 1.60. The predicted octanol–water partition coefficient (Wildman–Crippen LogP) is 2.24. The van der Waals surface area contributed by atoms with E-state index in [1.807, 2.05) is 26.0 Å². The number of anilines is 1. The van der Waals surface area contributed by atoms with Crippen molar-refractivity contribution < 1.29 is 0 Å². The van der Waals surface area contributed by atoms with Crippen LogP contribution in [0.5, 0.6) is 0 Å². The fraction of sp³-hybridized carbons (Fsp3) is 0.250. The third-order valence-corrected chi connectivity index (χ3v) is 2.20. The number of hydrogen-bond acceptors (Lipinski definition) is 2. The SMILES string of the molecule is Cc1cc(NN)cc(C)c1Cl. The van der Waals surface area contributed by atoms with E-state index in [2.05, 4.69) is 5.43 Å². The lowest BCUT2D eigenvalue weighted by Gasteiger charge is -2.05. The van der Waals surface area contributed by atoms with E-state index in [4.69, 9.17) is 17.4 Å². The molecule has 3 heteroatoms. The van der Waals surface area contributed by atoms with Crippen molar-refractivity contribution in [3.05, 3.63) is 28.3 Å².